The Morgan fingerprint density at radius 3 is 3.00 bits per heavy atom. The molecule has 0 aliphatic rings. The number of carboxylic acid groups (broad SMARTS) is 1. The molecule has 2 heterocycles. The second kappa shape index (κ2) is 5.64. The summed E-state index contributed by atoms with van der Waals surface area (Å²) in [5, 5.41) is 15.3. The van der Waals surface area contributed by atoms with Gasteiger partial charge in [-0.25, -0.2) is 4.79 Å². The van der Waals surface area contributed by atoms with Crippen LogP contribution in [0.5, 0.6) is 0 Å². The smallest absolute Gasteiger partial charge is 0.337 e. The van der Waals surface area contributed by atoms with Crippen molar-refractivity contribution < 1.29 is 9.90 Å². The van der Waals surface area contributed by atoms with Crippen molar-refractivity contribution >= 4 is 29.0 Å². The number of thiophene rings is 1. The van der Waals surface area contributed by atoms with E-state index in [1.807, 2.05) is 28.3 Å². The first-order valence-electron chi connectivity index (χ1n) is 5.73. The molecule has 0 spiro atoms. The molecule has 94 valence electrons. The van der Waals surface area contributed by atoms with Crippen molar-refractivity contribution in [1.29, 1.82) is 0 Å². The summed E-state index contributed by atoms with van der Waals surface area (Å²) >= 11 is 1.42. The van der Waals surface area contributed by atoms with Crippen LogP contribution in [0.1, 0.15) is 23.9 Å². The van der Waals surface area contributed by atoms with Gasteiger partial charge < -0.3 is 5.11 Å². The molecule has 0 atom stereocenters. The molecule has 0 aromatic carbocycles. The van der Waals surface area contributed by atoms with Crippen molar-refractivity contribution in [3.8, 4) is 0 Å². The average Bonchev–Trinajstić information content (AvgIpc) is 2.97. The summed E-state index contributed by atoms with van der Waals surface area (Å²) in [6.45, 7) is 2.85. The van der Waals surface area contributed by atoms with Gasteiger partial charge >= 0.3 is 5.97 Å². The lowest BCUT2D eigenvalue weighted by Crippen LogP contribution is -2.03. The van der Waals surface area contributed by atoms with E-state index in [0.29, 0.717) is 5.57 Å². The monoisotopic (exact) mass is 262 g/mol. The van der Waals surface area contributed by atoms with Gasteiger partial charge in [0.25, 0.3) is 0 Å². The topological polar surface area (TPSA) is 55.1 Å². The molecule has 2 aromatic heterocycles. The summed E-state index contributed by atoms with van der Waals surface area (Å²) in [5.74, 6) is -0.915. The number of aryl methyl sites for hydroxylation is 1. The van der Waals surface area contributed by atoms with Gasteiger partial charge in [0, 0.05) is 17.6 Å². The summed E-state index contributed by atoms with van der Waals surface area (Å²) < 4.78 is 1.82. The molecule has 5 heteroatoms. The minimum atomic E-state index is -0.915. The molecule has 0 amide bonds. The van der Waals surface area contributed by atoms with E-state index < -0.39 is 5.97 Å². The second-order valence-corrected chi connectivity index (χ2v) is 4.77. The van der Waals surface area contributed by atoms with Gasteiger partial charge in [-0.1, -0.05) is 13.0 Å². The van der Waals surface area contributed by atoms with Crippen LogP contribution < -0.4 is 0 Å². The predicted molar refractivity (Wildman–Crippen MR) is 72.3 cm³/mol. The van der Waals surface area contributed by atoms with Crippen molar-refractivity contribution in [3.63, 3.8) is 0 Å². The molecular weight excluding hydrogens is 248 g/mol. The van der Waals surface area contributed by atoms with E-state index in [4.69, 9.17) is 0 Å². The second-order valence-electron chi connectivity index (χ2n) is 3.82. The van der Waals surface area contributed by atoms with E-state index in [2.05, 4.69) is 12.0 Å². The first-order valence-corrected chi connectivity index (χ1v) is 6.61. The van der Waals surface area contributed by atoms with Gasteiger partial charge in [0.1, 0.15) is 0 Å². The Morgan fingerprint density at radius 2 is 2.39 bits per heavy atom. The number of nitrogens with zero attached hydrogens (tertiary/aromatic N) is 2. The molecule has 2 rings (SSSR count). The molecule has 0 aliphatic heterocycles. The van der Waals surface area contributed by atoms with Crippen LogP contribution in [0.3, 0.4) is 0 Å². The summed E-state index contributed by atoms with van der Waals surface area (Å²) in [5.41, 5.74) is 1.13. The molecule has 4 nitrogen and oxygen atoms in total. The van der Waals surface area contributed by atoms with Gasteiger partial charge in [0.2, 0.25) is 0 Å². The molecule has 1 N–H and O–H groups in total. The van der Waals surface area contributed by atoms with Crippen LogP contribution in [0.15, 0.2) is 29.8 Å². The van der Waals surface area contributed by atoms with Gasteiger partial charge in [-0.05, 0) is 30.0 Å². The minimum absolute atomic E-state index is 0.308. The maximum absolute atomic E-state index is 11.3. The lowest BCUT2D eigenvalue weighted by atomic mass is 10.2. The number of aliphatic carboxylic acids is 1. The fourth-order valence-electron chi connectivity index (χ4n) is 1.68. The predicted octanol–water partition coefficient (Wildman–Crippen LogP) is 2.98. The van der Waals surface area contributed by atoms with Gasteiger partial charge in [0.05, 0.1) is 11.3 Å². The van der Waals surface area contributed by atoms with E-state index >= 15 is 0 Å². The zero-order valence-corrected chi connectivity index (χ0v) is 10.9. The highest BCUT2D eigenvalue weighted by Gasteiger charge is 2.12. The SMILES string of the molecule is CCCn1nccc1/C=C(/C(=O)O)c1cccs1. The standard InChI is InChI=1S/C13H14N2O2S/c1-2-7-15-10(5-6-14-15)9-11(13(16)17)12-4-3-8-18-12/h3-6,8-9H,2,7H2,1H3,(H,16,17)/b11-9+. The van der Waals surface area contributed by atoms with Gasteiger partial charge in [-0.3, -0.25) is 4.68 Å². The molecule has 2 aromatic rings. The van der Waals surface area contributed by atoms with E-state index in [1.165, 1.54) is 11.3 Å². The van der Waals surface area contributed by atoms with Crippen LogP contribution in [0.25, 0.3) is 11.6 Å². The lowest BCUT2D eigenvalue weighted by Gasteiger charge is -2.03. The summed E-state index contributed by atoms with van der Waals surface area (Å²) in [4.78, 5) is 12.1. The Hall–Kier alpha value is -1.88. The molecule has 0 aliphatic carbocycles. The minimum Gasteiger partial charge on any atom is -0.478 e. The van der Waals surface area contributed by atoms with Crippen LogP contribution in [0, 0.1) is 0 Å². The summed E-state index contributed by atoms with van der Waals surface area (Å²) in [7, 11) is 0. The fraction of sp³-hybridized carbons (Fsp3) is 0.231. The zero-order chi connectivity index (χ0) is 13.0. The molecular formula is C13H14N2O2S. The zero-order valence-electron chi connectivity index (χ0n) is 10.0. The molecule has 0 saturated heterocycles. The Balaban J connectivity index is 2.39. The van der Waals surface area contributed by atoms with E-state index in [-0.39, 0.29) is 0 Å². The van der Waals surface area contributed by atoms with E-state index in [9.17, 15) is 9.90 Å². The number of aromatic nitrogens is 2. The highest BCUT2D eigenvalue weighted by atomic mass is 32.1. The van der Waals surface area contributed by atoms with Gasteiger partial charge in [-0.15, -0.1) is 11.3 Å². The van der Waals surface area contributed by atoms with Crippen molar-refractivity contribution in [3.05, 3.63) is 40.3 Å². The van der Waals surface area contributed by atoms with Crippen molar-refractivity contribution in [2.75, 3.05) is 0 Å². The normalized spacial score (nSPS) is 11.7. The summed E-state index contributed by atoms with van der Waals surface area (Å²) in [6, 6.07) is 5.48. The van der Waals surface area contributed by atoms with Crippen molar-refractivity contribution in [2.45, 2.75) is 19.9 Å². The van der Waals surface area contributed by atoms with E-state index in [1.54, 1.807) is 12.3 Å². The Labute approximate surface area is 109 Å². The number of hydrogen-bond donors (Lipinski definition) is 1. The Kier molecular flexibility index (Phi) is 3.94. The van der Waals surface area contributed by atoms with Crippen LogP contribution in [-0.2, 0) is 11.3 Å². The maximum Gasteiger partial charge on any atom is 0.337 e. The number of carboxylic acids is 1. The number of hydrogen-bond acceptors (Lipinski definition) is 3. The number of rotatable bonds is 5. The van der Waals surface area contributed by atoms with Crippen LogP contribution in [-0.4, -0.2) is 20.9 Å². The third kappa shape index (κ3) is 2.68. The largest absolute Gasteiger partial charge is 0.478 e. The highest BCUT2D eigenvalue weighted by molar-refractivity contribution is 7.11. The Bertz CT molecular complexity index is 555. The summed E-state index contributed by atoms with van der Waals surface area (Å²) in [6.07, 6.45) is 4.33. The lowest BCUT2D eigenvalue weighted by molar-refractivity contribution is -0.130. The quantitative estimate of drug-likeness (QED) is 0.843. The van der Waals surface area contributed by atoms with Gasteiger partial charge in [0.15, 0.2) is 0 Å². The first-order chi connectivity index (χ1) is 8.72. The van der Waals surface area contributed by atoms with Gasteiger partial charge in [-0.2, -0.15) is 5.10 Å². The molecule has 0 saturated carbocycles. The molecule has 0 fully saturated rings. The van der Waals surface area contributed by atoms with E-state index in [0.717, 1.165) is 23.5 Å². The Morgan fingerprint density at radius 1 is 1.56 bits per heavy atom. The molecule has 0 bridgehead atoms. The molecule has 0 unspecified atom stereocenters. The van der Waals surface area contributed by atoms with Crippen molar-refractivity contribution in [2.24, 2.45) is 0 Å². The maximum atomic E-state index is 11.3. The van der Waals surface area contributed by atoms with Crippen molar-refractivity contribution in [1.82, 2.24) is 9.78 Å². The first kappa shape index (κ1) is 12.6. The number of carbonyl (C=O) groups is 1. The molecule has 18 heavy (non-hydrogen) atoms. The highest BCUT2D eigenvalue weighted by Crippen LogP contribution is 2.23. The van der Waals surface area contributed by atoms with Crippen LogP contribution >= 0.6 is 11.3 Å². The fourth-order valence-corrected chi connectivity index (χ4v) is 2.42. The molecule has 0 radical (unpaired) electrons. The average molecular weight is 262 g/mol. The third-order valence-electron chi connectivity index (χ3n) is 2.49. The third-order valence-corrected chi connectivity index (χ3v) is 3.40. The van der Waals surface area contributed by atoms with Crippen LogP contribution in [0.2, 0.25) is 0 Å². The van der Waals surface area contributed by atoms with Crippen LogP contribution in [0.4, 0.5) is 0 Å².